The third-order valence-electron chi connectivity index (χ3n) is 4.63. The van der Waals surface area contributed by atoms with Crippen molar-refractivity contribution in [2.75, 3.05) is 32.2 Å². The standard InChI is InChI=1S/C23H25FN2O4/c1-3-14-30-19-11-5-16(6-12-19)20-21(25-18-9-7-17(24)8-10-18)23(28)26(22(20)27)13-4-15-29-2/h5-12,25H,3-4,13-15H2,1-2H3. The summed E-state index contributed by atoms with van der Waals surface area (Å²) >= 11 is 0. The number of anilines is 1. The third kappa shape index (κ3) is 4.86. The summed E-state index contributed by atoms with van der Waals surface area (Å²) < 4.78 is 23.9. The number of methoxy groups -OCH3 is 1. The highest BCUT2D eigenvalue weighted by atomic mass is 19.1. The molecule has 0 atom stereocenters. The molecule has 2 amide bonds. The number of rotatable bonds is 10. The zero-order valence-electron chi connectivity index (χ0n) is 17.1. The highest BCUT2D eigenvalue weighted by Crippen LogP contribution is 2.31. The second-order valence-corrected chi connectivity index (χ2v) is 6.86. The number of halogens is 1. The molecule has 0 radical (unpaired) electrons. The smallest absolute Gasteiger partial charge is 0.278 e. The quantitative estimate of drug-likeness (QED) is 0.474. The number of nitrogens with one attached hydrogen (secondary N) is 1. The number of hydrogen-bond donors (Lipinski definition) is 1. The summed E-state index contributed by atoms with van der Waals surface area (Å²) in [7, 11) is 1.57. The van der Waals surface area contributed by atoms with Crippen LogP contribution in [-0.4, -0.2) is 43.6 Å². The van der Waals surface area contributed by atoms with E-state index >= 15 is 0 Å². The molecular formula is C23H25FN2O4. The zero-order chi connectivity index (χ0) is 21.5. The fraction of sp³-hybridized carbons (Fsp3) is 0.304. The van der Waals surface area contributed by atoms with Crippen LogP contribution < -0.4 is 10.1 Å². The lowest BCUT2D eigenvalue weighted by molar-refractivity contribution is -0.136. The fourth-order valence-electron chi connectivity index (χ4n) is 3.15. The van der Waals surface area contributed by atoms with E-state index in [1.54, 1.807) is 31.4 Å². The van der Waals surface area contributed by atoms with Crippen LogP contribution in [0.25, 0.3) is 5.57 Å². The molecule has 30 heavy (non-hydrogen) atoms. The Balaban J connectivity index is 1.93. The Hall–Kier alpha value is -3.19. The number of amides is 2. The maximum absolute atomic E-state index is 13.2. The molecule has 0 saturated heterocycles. The van der Waals surface area contributed by atoms with Crippen LogP contribution in [0.5, 0.6) is 5.75 Å². The summed E-state index contributed by atoms with van der Waals surface area (Å²) in [5.41, 5.74) is 1.58. The Labute approximate surface area is 175 Å². The normalized spacial score (nSPS) is 13.9. The first-order valence-corrected chi connectivity index (χ1v) is 9.90. The van der Waals surface area contributed by atoms with E-state index < -0.39 is 5.91 Å². The molecule has 158 valence electrons. The zero-order valence-corrected chi connectivity index (χ0v) is 17.1. The molecule has 0 saturated carbocycles. The van der Waals surface area contributed by atoms with E-state index in [-0.39, 0.29) is 29.5 Å². The van der Waals surface area contributed by atoms with Crippen molar-refractivity contribution < 1.29 is 23.5 Å². The average Bonchev–Trinajstić information content (AvgIpc) is 2.98. The average molecular weight is 412 g/mol. The molecule has 1 aliphatic rings. The van der Waals surface area contributed by atoms with Crippen molar-refractivity contribution in [3.8, 4) is 5.75 Å². The van der Waals surface area contributed by atoms with Gasteiger partial charge in [-0.3, -0.25) is 14.5 Å². The van der Waals surface area contributed by atoms with E-state index in [1.165, 1.54) is 29.2 Å². The molecule has 3 rings (SSSR count). The van der Waals surface area contributed by atoms with Gasteiger partial charge in [0.25, 0.3) is 11.8 Å². The predicted octanol–water partition coefficient (Wildman–Crippen LogP) is 3.84. The Morgan fingerprint density at radius 2 is 1.67 bits per heavy atom. The molecule has 1 heterocycles. The monoisotopic (exact) mass is 412 g/mol. The van der Waals surface area contributed by atoms with Crippen LogP contribution in [-0.2, 0) is 14.3 Å². The summed E-state index contributed by atoms with van der Waals surface area (Å²) in [5.74, 6) is -0.472. The number of benzene rings is 2. The summed E-state index contributed by atoms with van der Waals surface area (Å²) in [6.07, 6.45) is 1.43. The van der Waals surface area contributed by atoms with Crippen LogP contribution in [0, 0.1) is 5.82 Å². The van der Waals surface area contributed by atoms with Crippen molar-refractivity contribution in [1.82, 2.24) is 4.90 Å². The molecule has 2 aromatic rings. The molecule has 0 unspecified atom stereocenters. The first kappa shape index (κ1) is 21.5. The maximum atomic E-state index is 13.2. The second-order valence-electron chi connectivity index (χ2n) is 6.86. The van der Waals surface area contributed by atoms with Crippen molar-refractivity contribution in [2.24, 2.45) is 0 Å². The molecule has 1 aliphatic heterocycles. The van der Waals surface area contributed by atoms with Crippen LogP contribution >= 0.6 is 0 Å². The SMILES string of the molecule is CCCOc1ccc(C2=C(Nc3ccc(F)cc3)C(=O)N(CCCOC)C2=O)cc1. The van der Waals surface area contributed by atoms with E-state index in [2.05, 4.69) is 5.32 Å². The highest BCUT2D eigenvalue weighted by molar-refractivity contribution is 6.36. The first-order valence-electron chi connectivity index (χ1n) is 9.90. The second kappa shape index (κ2) is 10.0. The van der Waals surface area contributed by atoms with Crippen molar-refractivity contribution >= 4 is 23.1 Å². The van der Waals surface area contributed by atoms with Gasteiger partial charge in [0, 0.05) is 25.9 Å². The van der Waals surface area contributed by atoms with Gasteiger partial charge in [0.15, 0.2) is 0 Å². The van der Waals surface area contributed by atoms with Crippen molar-refractivity contribution in [2.45, 2.75) is 19.8 Å². The van der Waals surface area contributed by atoms with Gasteiger partial charge in [-0.1, -0.05) is 19.1 Å². The number of ether oxygens (including phenoxy) is 2. The van der Waals surface area contributed by atoms with Gasteiger partial charge >= 0.3 is 0 Å². The van der Waals surface area contributed by atoms with E-state index in [9.17, 15) is 14.0 Å². The number of hydrogen-bond acceptors (Lipinski definition) is 5. The summed E-state index contributed by atoms with van der Waals surface area (Å²) in [6.45, 7) is 3.32. The molecular weight excluding hydrogens is 387 g/mol. The van der Waals surface area contributed by atoms with Crippen molar-refractivity contribution in [3.05, 3.63) is 65.6 Å². The predicted molar refractivity (Wildman–Crippen MR) is 112 cm³/mol. The molecule has 0 bridgehead atoms. The number of carbonyl (C=O) groups is 2. The van der Waals surface area contributed by atoms with Gasteiger partial charge in [-0.25, -0.2) is 4.39 Å². The summed E-state index contributed by atoms with van der Waals surface area (Å²) in [6, 6.07) is 12.7. The first-order chi connectivity index (χ1) is 14.5. The third-order valence-corrected chi connectivity index (χ3v) is 4.63. The number of nitrogens with zero attached hydrogens (tertiary/aromatic N) is 1. The van der Waals surface area contributed by atoms with Gasteiger partial charge in [0.2, 0.25) is 0 Å². The Morgan fingerprint density at radius 1 is 0.967 bits per heavy atom. The van der Waals surface area contributed by atoms with Crippen molar-refractivity contribution in [3.63, 3.8) is 0 Å². The van der Waals surface area contributed by atoms with Gasteiger partial charge in [-0.2, -0.15) is 0 Å². The molecule has 6 nitrogen and oxygen atoms in total. The minimum atomic E-state index is -0.415. The van der Waals surface area contributed by atoms with Gasteiger partial charge in [-0.15, -0.1) is 0 Å². The number of imide groups is 1. The minimum Gasteiger partial charge on any atom is -0.494 e. The van der Waals surface area contributed by atoms with Crippen LogP contribution in [0.15, 0.2) is 54.2 Å². The maximum Gasteiger partial charge on any atom is 0.278 e. The number of carbonyl (C=O) groups excluding carboxylic acids is 2. The highest BCUT2D eigenvalue weighted by Gasteiger charge is 2.38. The van der Waals surface area contributed by atoms with Crippen LogP contribution in [0.3, 0.4) is 0 Å². The Kier molecular flexibility index (Phi) is 7.19. The molecule has 0 aliphatic carbocycles. The molecule has 7 heteroatoms. The van der Waals surface area contributed by atoms with E-state index in [1.807, 2.05) is 6.92 Å². The lowest BCUT2D eigenvalue weighted by atomic mass is 10.0. The van der Waals surface area contributed by atoms with Gasteiger partial charge in [0.05, 0.1) is 12.2 Å². The van der Waals surface area contributed by atoms with Crippen LogP contribution in [0.4, 0.5) is 10.1 Å². The largest absolute Gasteiger partial charge is 0.494 e. The molecule has 0 aromatic heterocycles. The lowest BCUT2D eigenvalue weighted by Crippen LogP contribution is -2.33. The lowest BCUT2D eigenvalue weighted by Gasteiger charge is -2.15. The molecule has 1 N–H and O–H groups in total. The minimum absolute atomic E-state index is 0.172. The van der Waals surface area contributed by atoms with E-state index in [4.69, 9.17) is 9.47 Å². The van der Waals surface area contributed by atoms with Gasteiger partial charge in [-0.05, 0) is 54.8 Å². The Morgan fingerprint density at radius 3 is 2.30 bits per heavy atom. The topological polar surface area (TPSA) is 67.9 Å². The fourth-order valence-corrected chi connectivity index (χ4v) is 3.15. The van der Waals surface area contributed by atoms with Gasteiger partial charge in [0.1, 0.15) is 17.3 Å². The van der Waals surface area contributed by atoms with Gasteiger partial charge < -0.3 is 14.8 Å². The summed E-state index contributed by atoms with van der Waals surface area (Å²) in [4.78, 5) is 27.3. The van der Waals surface area contributed by atoms with E-state index in [0.29, 0.717) is 36.6 Å². The molecule has 0 fully saturated rings. The van der Waals surface area contributed by atoms with Crippen LogP contribution in [0.1, 0.15) is 25.3 Å². The Bertz CT molecular complexity index is 923. The summed E-state index contributed by atoms with van der Waals surface area (Å²) in [5, 5.41) is 3.00. The van der Waals surface area contributed by atoms with E-state index in [0.717, 1.165) is 6.42 Å². The molecule has 0 spiro atoms. The van der Waals surface area contributed by atoms with Crippen LogP contribution in [0.2, 0.25) is 0 Å². The molecule has 2 aromatic carbocycles. The van der Waals surface area contributed by atoms with Crippen molar-refractivity contribution in [1.29, 1.82) is 0 Å².